The van der Waals surface area contributed by atoms with Crippen LogP contribution < -0.4 is 4.74 Å². The number of non-ortho nitro benzene ring substituents is 1. The second-order valence-electron chi connectivity index (χ2n) is 3.37. The van der Waals surface area contributed by atoms with Crippen LogP contribution in [0.4, 0.5) is 5.69 Å². The Balaban J connectivity index is 2.46. The lowest BCUT2D eigenvalue weighted by Gasteiger charge is -2.03. The number of nitro benzene ring substituents is 1. The molecule has 5 nitrogen and oxygen atoms in total. The first-order chi connectivity index (χ1) is 8.13. The molecule has 1 aromatic carbocycles. The van der Waals surface area contributed by atoms with Gasteiger partial charge in [0, 0.05) is 23.9 Å². The fourth-order valence-corrected chi connectivity index (χ4v) is 1.58. The minimum Gasteiger partial charge on any atom is -0.427 e. The smallest absolute Gasteiger partial charge is 0.311 e. The van der Waals surface area contributed by atoms with Gasteiger partial charge in [-0.25, -0.2) is 0 Å². The largest absolute Gasteiger partial charge is 0.427 e. The zero-order chi connectivity index (χ0) is 12.7. The van der Waals surface area contributed by atoms with E-state index < -0.39 is 4.92 Å². The quantitative estimate of drug-likeness (QED) is 0.202. The van der Waals surface area contributed by atoms with E-state index in [1.807, 2.05) is 0 Å². The van der Waals surface area contributed by atoms with Crippen molar-refractivity contribution in [3.05, 3.63) is 34.4 Å². The summed E-state index contributed by atoms with van der Waals surface area (Å²) in [6.45, 7) is 0. The van der Waals surface area contributed by atoms with Crippen LogP contribution in [0.25, 0.3) is 0 Å². The molecule has 0 radical (unpaired) electrons. The molecule has 17 heavy (non-hydrogen) atoms. The van der Waals surface area contributed by atoms with Gasteiger partial charge in [-0.1, -0.05) is 15.9 Å². The van der Waals surface area contributed by atoms with Crippen molar-refractivity contribution >= 4 is 27.6 Å². The second kappa shape index (κ2) is 7.01. The lowest BCUT2D eigenvalue weighted by Crippen LogP contribution is -2.07. The molecule has 0 N–H and O–H groups in total. The van der Waals surface area contributed by atoms with Crippen LogP contribution in [0.3, 0.4) is 0 Å². The molecule has 0 aliphatic rings. The number of rotatable bonds is 6. The van der Waals surface area contributed by atoms with E-state index in [1.54, 1.807) is 0 Å². The highest BCUT2D eigenvalue weighted by Crippen LogP contribution is 2.17. The fourth-order valence-electron chi connectivity index (χ4n) is 1.18. The number of carbonyl (C=O) groups excluding carboxylic acids is 1. The van der Waals surface area contributed by atoms with Gasteiger partial charge in [-0.15, -0.1) is 0 Å². The van der Waals surface area contributed by atoms with Gasteiger partial charge < -0.3 is 4.74 Å². The Labute approximate surface area is 107 Å². The van der Waals surface area contributed by atoms with Gasteiger partial charge in [0.2, 0.25) is 0 Å². The number of nitro groups is 1. The molecule has 0 aromatic heterocycles. The molecule has 6 heteroatoms. The Morgan fingerprint density at radius 2 is 1.94 bits per heavy atom. The van der Waals surface area contributed by atoms with Gasteiger partial charge in [0.25, 0.3) is 5.69 Å². The predicted octanol–water partition coefficient (Wildman–Crippen LogP) is 3.07. The molecule has 0 amide bonds. The molecule has 0 spiro atoms. The van der Waals surface area contributed by atoms with Crippen LogP contribution in [0.1, 0.15) is 19.3 Å². The number of benzene rings is 1. The first-order valence-electron chi connectivity index (χ1n) is 5.14. The lowest BCUT2D eigenvalue weighted by atomic mass is 10.2. The van der Waals surface area contributed by atoms with E-state index in [1.165, 1.54) is 24.3 Å². The van der Waals surface area contributed by atoms with Crippen LogP contribution in [0.2, 0.25) is 0 Å². The third-order valence-corrected chi connectivity index (χ3v) is 2.60. The standard InChI is InChI=1S/C11H12BrNO4/c12-8-2-1-3-11(14)17-10-6-4-9(5-7-10)13(15)16/h4-7H,1-3,8H2. The topological polar surface area (TPSA) is 69.4 Å². The molecule has 0 saturated heterocycles. The van der Waals surface area contributed by atoms with E-state index in [0.29, 0.717) is 12.2 Å². The first kappa shape index (κ1) is 13.6. The van der Waals surface area contributed by atoms with Gasteiger partial charge in [0.05, 0.1) is 4.92 Å². The van der Waals surface area contributed by atoms with Crippen molar-refractivity contribution in [2.45, 2.75) is 19.3 Å². The molecular formula is C11H12BrNO4. The molecule has 0 aliphatic heterocycles. The van der Waals surface area contributed by atoms with Gasteiger partial charge in [-0.3, -0.25) is 14.9 Å². The molecule has 0 bridgehead atoms. The minimum absolute atomic E-state index is 0.0240. The van der Waals surface area contributed by atoms with E-state index in [4.69, 9.17) is 4.74 Å². The number of halogens is 1. The van der Waals surface area contributed by atoms with Gasteiger partial charge in [-0.05, 0) is 25.0 Å². The number of nitrogens with zero attached hydrogens (tertiary/aromatic N) is 1. The van der Waals surface area contributed by atoms with Crippen molar-refractivity contribution in [1.29, 1.82) is 0 Å². The Hall–Kier alpha value is -1.43. The molecule has 0 atom stereocenters. The molecule has 1 aromatic rings. The highest BCUT2D eigenvalue weighted by molar-refractivity contribution is 9.09. The summed E-state index contributed by atoms with van der Waals surface area (Å²) in [7, 11) is 0. The molecular weight excluding hydrogens is 290 g/mol. The highest BCUT2D eigenvalue weighted by Gasteiger charge is 2.07. The lowest BCUT2D eigenvalue weighted by molar-refractivity contribution is -0.384. The third kappa shape index (κ3) is 4.95. The van der Waals surface area contributed by atoms with Crippen molar-refractivity contribution in [1.82, 2.24) is 0 Å². The maximum atomic E-state index is 11.3. The van der Waals surface area contributed by atoms with Gasteiger partial charge >= 0.3 is 5.97 Å². The summed E-state index contributed by atoms with van der Waals surface area (Å²) in [6, 6.07) is 5.45. The second-order valence-corrected chi connectivity index (χ2v) is 4.16. The van der Waals surface area contributed by atoms with E-state index in [9.17, 15) is 14.9 Å². The Morgan fingerprint density at radius 3 is 2.47 bits per heavy atom. The minimum atomic E-state index is -0.498. The number of ether oxygens (including phenoxy) is 1. The molecule has 0 aliphatic carbocycles. The van der Waals surface area contributed by atoms with Crippen molar-refractivity contribution in [3.8, 4) is 5.75 Å². The van der Waals surface area contributed by atoms with E-state index in [0.717, 1.165) is 18.2 Å². The normalized spacial score (nSPS) is 9.94. The van der Waals surface area contributed by atoms with E-state index in [-0.39, 0.29) is 11.7 Å². The van der Waals surface area contributed by atoms with Gasteiger partial charge in [0.15, 0.2) is 0 Å². The molecule has 0 saturated carbocycles. The predicted molar refractivity (Wildman–Crippen MR) is 66.4 cm³/mol. The van der Waals surface area contributed by atoms with Crippen molar-refractivity contribution in [2.24, 2.45) is 0 Å². The molecule has 1 rings (SSSR count). The number of hydrogen-bond acceptors (Lipinski definition) is 4. The summed E-state index contributed by atoms with van der Waals surface area (Å²) in [4.78, 5) is 21.2. The van der Waals surface area contributed by atoms with Gasteiger partial charge in [0.1, 0.15) is 5.75 Å². The number of hydrogen-bond donors (Lipinski definition) is 0. The van der Waals surface area contributed by atoms with Crippen LogP contribution >= 0.6 is 15.9 Å². The highest BCUT2D eigenvalue weighted by atomic mass is 79.9. The first-order valence-corrected chi connectivity index (χ1v) is 6.26. The third-order valence-electron chi connectivity index (χ3n) is 2.04. The summed E-state index contributed by atoms with van der Waals surface area (Å²) in [6.07, 6.45) is 2.02. The summed E-state index contributed by atoms with van der Waals surface area (Å²) in [5.74, 6) is 0.0132. The molecule has 0 heterocycles. The maximum absolute atomic E-state index is 11.3. The van der Waals surface area contributed by atoms with Crippen molar-refractivity contribution in [3.63, 3.8) is 0 Å². The maximum Gasteiger partial charge on any atom is 0.311 e. The SMILES string of the molecule is O=C(CCCCBr)Oc1ccc([N+](=O)[O-])cc1. The average molecular weight is 302 g/mol. The van der Waals surface area contributed by atoms with Crippen LogP contribution in [-0.4, -0.2) is 16.2 Å². The summed E-state index contributed by atoms with van der Waals surface area (Å²) >= 11 is 3.27. The molecule has 0 fully saturated rings. The van der Waals surface area contributed by atoms with Crippen molar-refractivity contribution < 1.29 is 14.5 Å². The molecule has 0 unspecified atom stereocenters. The van der Waals surface area contributed by atoms with Gasteiger partial charge in [-0.2, -0.15) is 0 Å². The van der Waals surface area contributed by atoms with Crippen LogP contribution in [0.5, 0.6) is 5.75 Å². The summed E-state index contributed by atoms with van der Waals surface area (Å²) in [5.41, 5.74) is -0.0240. The molecule has 92 valence electrons. The number of esters is 1. The van der Waals surface area contributed by atoms with E-state index in [2.05, 4.69) is 15.9 Å². The Morgan fingerprint density at radius 1 is 1.29 bits per heavy atom. The zero-order valence-electron chi connectivity index (χ0n) is 9.10. The van der Waals surface area contributed by atoms with E-state index >= 15 is 0 Å². The monoisotopic (exact) mass is 301 g/mol. The number of unbranched alkanes of at least 4 members (excludes halogenated alkanes) is 1. The number of carbonyl (C=O) groups is 1. The van der Waals surface area contributed by atoms with Crippen LogP contribution in [0.15, 0.2) is 24.3 Å². The summed E-state index contributed by atoms with van der Waals surface area (Å²) in [5, 5.41) is 11.3. The zero-order valence-corrected chi connectivity index (χ0v) is 10.7. The van der Waals surface area contributed by atoms with Crippen LogP contribution in [0, 0.1) is 10.1 Å². The fraction of sp³-hybridized carbons (Fsp3) is 0.364. The average Bonchev–Trinajstić information content (AvgIpc) is 2.30. The van der Waals surface area contributed by atoms with Crippen LogP contribution in [-0.2, 0) is 4.79 Å². The van der Waals surface area contributed by atoms with Crippen molar-refractivity contribution in [2.75, 3.05) is 5.33 Å². The number of alkyl halides is 1. The summed E-state index contributed by atoms with van der Waals surface area (Å²) < 4.78 is 5.02. The Kier molecular flexibility index (Phi) is 5.62. The Bertz CT molecular complexity index is 391.